The minimum Gasteiger partial charge on any atom is -0.383 e. The van der Waals surface area contributed by atoms with Gasteiger partial charge in [0.25, 0.3) is 0 Å². The average Bonchev–Trinajstić information content (AvgIpc) is 2.89. The molecule has 0 saturated carbocycles. The number of aliphatic hydroxyl groups excluding tert-OH is 1. The summed E-state index contributed by atoms with van der Waals surface area (Å²) in [5.41, 5.74) is -0.0169. The average molecular weight is 367 g/mol. The highest BCUT2D eigenvalue weighted by Gasteiger charge is 2.36. The smallest absolute Gasteiger partial charge is 0.383 e. The molecule has 0 spiro atoms. The minimum atomic E-state index is -4.58. The van der Waals surface area contributed by atoms with Crippen LogP contribution in [0, 0.1) is 0 Å². The van der Waals surface area contributed by atoms with E-state index in [9.17, 15) is 18.3 Å². The fourth-order valence-electron chi connectivity index (χ4n) is 2.72. The highest BCUT2D eigenvalue weighted by molar-refractivity contribution is 6.30. The van der Waals surface area contributed by atoms with Gasteiger partial charge in [0.15, 0.2) is 0 Å². The van der Waals surface area contributed by atoms with Crippen molar-refractivity contribution in [1.29, 1.82) is 0 Å². The highest BCUT2D eigenvalue weighted by Crippen LogP contribution is 2.41. The fourth-order valence-corrected chi connectivity index (χ4v) is 2.95. The molecule has 1 N–H and O–H groups in total. The topological polar surface area (TPSA) is 38.0 Å². The van der Waals surface area contributed by atoms with Gasteiger partial charge in [-0.2, -0.15) is 18.3 Å². The molecule has 2 aromatic carbocycles. The summed E-state index contributed by atoms with van der Waals surface area (Å²) in [5, 5.41) is 15.1. The third-order valence-electron chi connectivity index (χ3n) is 3.89. The lowest BCUT2D eigenvalue weighted by atomic mass is 9.95. The molecule has 130 valence electrons. The van der Waals surface area contributed by atoms with Gasteiger partial charge in [0.1, 0.15) is 17.0 Å². The summed E-state index contributed by atoms with van der Waals surface area (Å²) in [4.78, 5) is 0. The van der Waals surface area contributed by atoms with E-state index in [-0.39, 0.29) is 16.3 Å². The Hall–Kier alpha value is -2.31. The van der Waals surface area contributed by atoms with Crippen LogP contribution in [0.15, 0.2) is 54.6 Å². The Balaban J connectivity index is 2.19. The second-order valence-electron chi connectivity index (χ2n) is 5.53. The van der Waals surface area contributed by atoms with E-state index in [1.807, 2.05) is 6.07 Å². The molecule has 3 nitrogen and oxygen atoms in total. The van der Waals surface area contributed by atoms with Gasteiger partial charge in [-0.25, -0.2) is 0 Å². The van der Waals surface area contributed by atoms with Crippen molar-refractivity contribution < 1.29 is 18.3 Å². The molecule has 0 aliphatic carbocycles. The second kappa shape index (κ2) is 6.54. The molecular weight excluding hydrogens is 353 g/mol. The van der Waals surface area contributed by atoms with Crippen molar-refractivity contribution in [1.82, 2.24) is 9.78 Å². The zero-order valence-corrected chi connectivity index (χ0v) is 13.9. The number of hydrogen-bond acceptors (Lipinski definition) is 2. The number of benzene rings is 2. The number of aromatic nitrogens is 2. The Bertz CT molecular complexity index is 891. The van der Waals surface area contributed by atoms with E-state index in [0.29, 0.717) is 11.3 Å². The minimum absolute atomic E-state index is 0.0864. The summed E-state index contributed by atoms with van der Waals surface area (Å²) in [6.07, 6.45) is -6.15. The van der Waals surface area contributed by atoms with Crippen LogP contribution in [0.1, 0.15) is 22.8 Å². The van der Waals surface area contributed by atoms with E-state index in [1.165, 1.54) is 22.9 Å². The van der Waals surface area contributed by atoms with E-state index in [4.69, 9.17) is 11.6 Å². The van der Waals surface area contributed by atoms with Crippen LogP contribution in [0.25, 0.3) is 11.3 Å². The van der Waals surface area contributed by atoms with Crippen LogP contribution in [0.2, 0.25) is 5.15 Å². The maximum absolute atomic E-state index is 13.3. The molecule has 0 aliphatic heterocycles. The van der Waals surface area contributed by atoms with Crippen molar-refractivity contribution in [2.75, 3.05) is 0 Å². The Morgan fingerprint density at radius 2 is 1.64 bits per heavy atom. The van der Waals surface area contributed by atoms with Crippen molar-refractivity contribution in [3.05, 3.63) is 76.4 Å². The zero-order chi connectivity index (χ0) is 18.2. The predicted octanol–water partition coefficient (Wildman–Crippen LogP) is 4.84. The van der Waals surface area contributed by atoms with Crippen molar-refractivity contribution >= 4 is 11.6 Å². The van der Waals surface area contributed by atoms with Gasteiger partial charge in [-0.15, -0.1) is 0 Å². The monoisotopic (exact) mass is 366 g/mol. The molecule has 1 heterocycles. The molecule has 25 heavy (non-hydrogen) atoms. The molecule has 3 aromatic rings. The van der Waals surface area contributed by atoms with E-state index in [1.54, 1.807) is 31.3 Å². The zero-order valence-electron chi connectivity index (χ0n) is 13.1. The number of hydrogen-bond donors (Lipinski definition) is 1. The molecule has 0 fully saturated rings. The quantitative estimate of drug-likeness (QED) is 0.720. The summed E-state index contributed by atoms with van der Waals surface area (Å²) in [5.74, 6) is 0. The van der Waals surface area contributed by atoms with Crippen molar-refractivity contribution in [3.63, 3.8) is 0 Å². The molecular formula is C18H14ClF3N2O. The molecule has 1 atom stereocenters. The lowest BCUT2D eigenvalue weighted by Gasteiger charge is -2.18. The molecule has 0 radical (unpaired) electrons. The summed E-state index contributed by atoms with van der Waals surface area (Å²) in [7, 11) is 1.57. The van der Waals surface area contributed by atoms with Crippen LogP contribution in [0.4, 0.5) is 13.2 Å². The van der Waals surface area contributed by atoms with Crippen LogP contribution >= 0.6 is 11.6 Å². The van der Waals surface area contributed by atoms with Gasteiger partial charge < -0.3 is 5.11 Å². The van der Waals surface area contributed by atoms with Crippen LogP contribution in [0.5, 0.6) is 0 Å². The number of aryl methyl sites for hydroxylation is 1. The van der Waals surface area contributed by atoms with Gasteiger partial charge >= 0.3 is 6.18 Å². The van der Waals surface area contributed by atoms with Gasteiger partial charge in [0, 0.05) is 12.6 Å². The summed E-state index contributed by atoms with van der Waals surface area (Å²) < 4.78 is 41.2. The van der Waals surface area contributed by atoms with Gasteiger partial charge in [0.05, 0.1) is 11.1 Å². The van der Waals surface area contributed by atoms with Crippen LogP contribution in [-0.2, 0) is 13.2 Å². The Kier molecular flexibility index (Phi) is 4.58. The molecule has 3 rings (SSSR count). The molecule has 0 amide bonds. The van der Waals surface area contributed by atoms with Crippen LogP contribution in [-0.4, -0.2) is 14.9 Å². The first kappa shape index (κ1) is 17.5. The number of rotatable bonds is 3. The maximum atomic E-state index is 13.3. The Morgan fingerprint density at radius 3 is 2.28 bits per heavy atom. The second-order valence-corrected chi connectivity index (χ2v) is 5.89. The first-order valence-electron chi connectivity index (χ1n) is 7.42. The van der Waals surface area contributed by atoms with Gasteiger partial charge in [-0.05, 0) is 11.6 Å². The van der Waals surface area contributed by atoms with Crippen LogP contribution in [0.3, 0.4) is 0 Å². The lowest BCUT2D eigenvalue weighted by molar-refractivity contribution is -0.139. The predicted molar refractivity (Wildman–Crippen MR) is 89.2 cm³/mol. The fraction of sp³-hybridized carbons (Fsp3) is 0.167. The number of aliphatic hydroxyl groups is 1. The number of halogens is 4. The van der Waals surface area contributed by atoms with E-state index in [2.05, 4.69) is 5.10 Å². The van der Waals surface area contributed by atoms with Gasteiger partial charge in [-0.1, -0.05) is 60.1 Å². The molecule has 0 unspecified atom stereocenters. The van der Waals surface area contributed by atoms with E-state index < -0.39 is 17.8 Å². The third-order valence-corrected chi connectivity index (χ3v) is 4.34. The van der Waals surface area contributed by atoms with E-state index >= 15 is 0 Å². The first-order chi connectivity index (χ1) is 11.8. The highest BCUT2D eigenvalue weighted by atomic mass is 35.5. The van der Waals surface area contributed by atoms with Crippen LogP contribution < -0.4 is 0 Å². The first-order valence-corrected chi connectivity index (χ1v) is 7.80. The number of alkyl halides is 3. The van der Waals surface area contributed by atoms with Gasteiger partial charge in [0.2, 0.25) is 0 Å². The van der Waals surface area contributed by atoms with Gasteiger partial charge in [-0.3, -0.25) is 4.68 Å². The molecule has 0 aliphatic rings. The summed E-state index contributed by atoms with van der Waals surface area (Å²) >= 11 is 6.23. The SMILES string of the molecule is Cn1nc(-c2ccccc2)c([C@H](O)c2ccccc2C(F)(F)F)c1Cl. The normalized spacial score (nSPS) is 13.0. The summed E-state index contributed by atoms with van der Waals surface area (Å²) in [6.45, 7) is 0. The largest absolute Gasteiger partial charge is 0.416 e. The standard InChI is InChI=1S/C18H14ClF3N2O/c1-24-17(19)14(15(23-24)11-7-3-2-4-8-11)16(25)12-9-5-6-10-13(12)18(20,21)22/h2-10,16,25H,1H3/t16-/m1/s1. The molecule has 1 aromatic heterocycles. The summed E-state index contributed by atoms with van der Waals surface area (Å²) in [6, 6.07) is 13.8. The maximum Gasteiger partial charge on any atom is 0.416 e. The Labute approximate surface area is 147 Å². The van der Waals surface area contributed by atoms with E-state index in [0.717, 1.165) is 6.07 Å². The molecule has 0 saturated heterocycles. The van der Waals surface area contributed by atoms with Crippen molar-refractivity contribution in [2.45, 2.75) is 12.3 Å². The molecule has 7 heteroatoms. The lowest BCUT2D eigenvalue weighted by Crippen LogP contribution is -2.13. The third kappa shape index (κ3) is 3.27. The molecule has 0 bridgehead atoms. The number of nitrogens with zero attached hydrogens (tertiary/aromatic N) is 2. The Morgan fingerprint density at radius 1 is 1.04 bits per heavy atom. The van der Waals surface area contributed by atoms with Crippen molar-refractivity contribution in [3.8, 4) is 11.3 Å². The van der Waals surface area contributed by atoms with Crippen molar-refractivity contribution in [2.24, 2.45) is 7.05 Å².